The van der Waals surface area contributed by atoms with E-state index in [4.69, 9.17) is 20.8 Å². The average molecular weight is 761 g/mol. The number of fused-ring (bicyclic) bond motifs is 2. The number of nitrogens with two attached hydrogens (primary N) is 1. The lowest BCUT2D eigenvalue weighted by atomic mass is 10.1. The number of aromatic nitrogens is 2. The second kappa shape index (κ2) is 18.2. The molecule has 0 radical (unpaired) electrons. The quantitative estimate of drug-likeness (QED) is 0.0723. The van der Waals surface area contributed by atoms with Crippen molar-refractivity contribution in [2.75, 3.05) is 12.3 Å². The zero-order valence-electron chi connectivity index (χ0n) is 30.7. The van der Waals surface area contributed by atoms with Crippen molar-refractivity contribution in [3.8, 4) is 21.1 Å². The van der Waals surface area contributed by atoms with Crippen LogP contribution in [-0.2, 0) is 0 Å². The SMILES string of the molecule is CCO.Cc1ccc2nc(-c3ccc(/C=C/c4ccc(N)cc4)cc3)sc2c1.Cc1ccc2nc(-c3ccc(/C=C/c4ccc([N+](=O)[O-])cc4)cc3)sc2c1. The summed E-state index contributed by atoms with van der Waals surface area (Å²) >= 11 is 3.44. The summed E-state index contributed by atoms with van der Waals surface area (Å²) in [5, 5.41) is 20.3. The molecule has 2 heterocycles. The van der Waals surface area contributed by atoms with E-state index in [1.165, 1.54) is 32.7 Å². The molecule has 0 amide bonds. The lowest BCUT2D eigenvalue weighted by Crippen LogP contribution is -1.86. The van der Waals surface area contributed by atoms with Crippen LogP contribution in [0.25, 0.3) is 65.9 Å². The van der Waals surface area contributed by atoms with E-state index < -0.39 is 4.92 Å². The largest absolute Gasteiger partial charge is 0.399 e. The van der Waals surface area contributed by atoms with Gasteiger partial charge in [0, 0.05) is 35.6 Å². The van der Waals surface area contributed by atoms with Crippen molar-refractivity contribution < 1.29 is 10.0 Å². The minimum atomic E-state index is -0.393. The maximum Gasteiger partial charge on any atom is 0.269 e. The molecule has 0 bridgehead atoms. The van der Waals surface area contributed by atoms with Gasteiger partial charge < -0.3 is 10.8 Å². The van der Waals surface area contributed by atoms with Crippen LogP contribution in [0.2, 0.25) is 0 Å². The molecule has 8 aromatic rings. The summed E-state index contributed by atoms with van der Waals surface area (Å²) in [6.45, 7) is 6.13. The summed E-state index contributed by atoms with van der Waals surface area (Å²) in [6.07, 6.45) is 8.14. The fourth-order valence-corrected chi connectivity index (χ4v) is 7.62. The monoisotopic (exact) mass is 760 g/mol. The normalized spacial score (nSPS) is 11.1. The number of anilines is 1. The minimum absolute atomic E-state index is 0.0996. The first kappa shape index (κ1) is 38.5. The van der Waals surface area contributed by atoms with Crippen molar-refractivity contribution in [2.24, 2.45) is 0 Å². The van der Waals surface area contributed by atoms with Gasteiger partial charge in [-0.1, -0.05) is 97.1 Å². The molecule has 3 N–H and O–H groups in total. The number of aliphatic hydroxyl groups excluding tert-OH is 1. The summed E-state index contributed by atoms with van der Waals surface area (Å²) < 4.78 is 2.44. The number of aryl methyl sites for hydroxylation is 2. The Bertz CT molecular complexity index is 2570. The Labute approximate surface area is 328 Å². The third-order valence-electron chi connectivity index (χ3n) is 8.38. The zero-order chi connectivity index (χ0) is 38.7. The highest BCUT2D eigenvalue weighted by Crippen LogP contribution is 2.32. The Morgan fingerprint density at radius 3 is 1.31 bits per heavy atom. The number of nitrogen functional groups attached to an aromatic ring is 1. The van der Waals surface area contributed by atoms with Crippen molar-refractivity contribution in [3.05, 3.63) is 177 Å². The predicted octanol–water partition coefficient (Wildman–Crippen LogP) is 12.4. The highest BCUT2D eigenvalue weighted by Gasteiger charge is 2.08. The number of nitrogens with zero attached hydrogens (tertiary/aromatic N) is 3. The predicted molar refractivity (Wildman–Crippen MR) is 234 cm³/mol. The summed E-state index contributed by atoms with van der Waals surface area (Å²) in [5.41, 5.74) is 17.7. The van der Waals surface area contributed by atoms with E-state index in [1.807, 2.05) is 36.4 Å². The van der Waals surface area contributed by atoms with E-state index in [9.17, 15) is 10.1 Å². The molecular weight excluding hydrogens is 721 g/mol. The molecule has 55 heavy (non-hydrogen) atoms. The summed E-state index contributed by atoms with van der Waals surface area (Å²) in [4.78, 5) is 19.8. The Morgan fingerprint density at radius 1 is 0.600 bits per heavy atom. The molecule has 0 saturated carbocycles. The number of non-ortho nitro benzene ring substituents is 1. The van der Waals surface area contributed by atoms with Crippen LogP contribution in [0, 0.1) is 24.0 Å². The molecule has 0 saturated heterocycles. The van der Waals surface area contributed by atoms with E-state index in [0.717, 1.165) is 60.1 Å². The van der Waals surface area contributed by atoms with E-state index in [-0.39, 0.29) is 12.3 Å². The Balaban J connectivity index is 0.000000175. The number of nitro groups is 1. The van der Waals surface area contributed by atoms with Gasteiger partial charge in [0.25, 0.3) is 5.69 Å². The van der Waals surface area contributed by atoms with Crippen LogP contribution in [0.15, 0.2) is 133 Å². The van der Waals surface area contributed by atoms with E-state index in [2.05, 4.69) is 111 Å². The first-order chi connectivity index (χ1) is 26.7. The third-order valence-corrected chi connectivity index (χ3v) is 10.5. The number of hydrogen-bond acceptors (Lipinski definition) is 8. The topological polar surface area (TPSA) is 115 Å². The summed E-state index contributed by atoms with van der Waals surface area (Å²) in [6, 6.07) is 43.8. The number of rotatable bonds is 7. The maximum absolute atomic E-state index is 10.7. The molecule has 0 aliphatic heterocycles. The molecule has 2 aromatic heterocycles. The molecule has 0 atom stereocenters. The molecule has 0 unspecified atom stereocenters. The van der Waals surface area contributed by atoms with Crippen LogP contribution >= 0.6 is 22.7 Å². The van der Waals surface area contributed by atoms with E-state index >= 15 is 0 Å². The maximum atomic E-state index is 10.7. The molecule has 0 aliphatic rings. The van der Waals surface area contributed by atoms with Crippen molar-refractivity contribution >= 4 is 78.8 Å². The Morgan fingerprint density at radius 2 is 0.945 bits per heavy atom. The fourth-order valence-electron chi connectivity index (χ4n) is 5.48. The fraction of sp³-hybridized carbons (Fsp3) is 0.0870. The number of nitro benzene ring substituents is 1. The number of thiazole rings is 2. The lowest BCUT2D eigenvalue weighted by molar-refractivity contribution is -0.384. The highest BCUT2D eigenvalue weighted by atomic mass is 32.1. The van der Waals surface area contributed by atoms with Gasteiger partial charge in [0.1, 0.15) is 10.0 Å². The summed E-state index contributed by atoms with van der Waals surface area (Å²) in [7, 11) is 0. The number of benzene rings is 6. The molecule has 8 rings (SSSR count). The van der Waals surface area contributed by atoms with E-state index in [1.54, 1.807) is 41.7 Å². The minimum Gasteiger partial charge on any atom is -0.399 e. The van der Waals surface area contributed by atoms with Crippen LogP contribution < -0.4 is 5.73 Å². The molecule has 9 heteroatoms. The average Bonchev–Trinajstić information content (AvgIpc) is 3.82. The standard InChI is InChI=1S/C22H16N2O2S.C22H18N2S.C2H6O/c1-15-2-13-20-21(14-15)27-22(23-20)18-9-5-16(6-10-18)3-4-17-7-11-19(12-8-17)24(25)26;1-15-2-13-20-21(14-15)25-22(24-20)18-9-5-16(6-10-18)3-4-17-7-11-19(23)12-8-17;1-2-3/h2-14H,1H3;2-14H,23H2,1H3;3H,2H2,1H3/b2*4-3+;. The lowest BCUT2D eigenvalue weighted by Gasteiger charge is -1.98. The van der Waals surface area contributed by atoms with Gasteiger partial charge in [-0.15, -0.1) is 22.7 Å². The molecule has 0 spiro atoms. The third kappa shape index (κ3) is 10.5. The highest BCUT2D eigenvalue weighted by molar-refractivity contribution is 7.22. The van der Waals surface area contributed by atoms with Gasteiger partial charge in [0.15, 0.2) is 0 Å². The van der Waals surface area contributed by atoms with Crippen LogP contribution in [0.3, 0.4) is 0 Å². The van der Waals surface area contributed by atoms with Gasteiger partial charge in [-0.2, -0.15) is 0 Å². The molecule has 7 nitrogen and oxygen atoms in total. The molecule has 6 aromatic carbocycles. The molecule has 274 valence electrons. The number of hydrogen-bond donors (Lipinski definition) is 2. The zero-order valence-corrected chi connectivity index (χ0v) is 32.4. The Kier molecular flexibility index (Phi) is 12.7. The first-order valence-electron chi connectivity index (χ1n) is 17.7. The van der Waals surface area contributed by atoms with Crippen LogP contribution in [0.1, 0.15) is 40.3 Å². The van der Waals surface area contributed by atoms with Crippen molar-refractivity contribution in [3.63, 3.8) is 0 Å². The molecule has 0 aliphatic carbocycles. The second-order valence-electron chi connectivity index (χ2n) is 12.7. The van der Waals surface area contributed by atoms with Gasteiger partial charge in [-0.3, -0.25) is 10.1 Å². The van der Waals surface area contributed by atoms with Gasteiger partial charge in [-0.25, -0.2) is 9.97 Å². The molecular formula is C46H40N4O3S2. The van der Waals surface area contributed by atoms with Crippen LogP contribution in [0.4, 0.5) is 11.4 Å². The van der Waals surface area contributed by atoms with Crippen LogP contribution in [-0.4, -0.2) is 26.6 Å². The molecule has 0 fully saturated rings. The van der Waals surface area contributed by atoms with Gasteiger partial charge in [-0.05, 0) is 103 Å². The van der Waals surface area contributed by atoms with Gasteiger partial charge in [0.2, 0.25) is 0 Å². The summed E-state index contributed by atoms with van der Waals surface area (Å²) in [5.74, 6) is 0. The van der Waals surface area contributed by atoms with Crippen molar-refractivity contribution in [1.29, 1.82) is 0 Å². The van der Waals surface area contributed by atoms with Gasteiger partial charge in [0.05, 0.1) is 25.4 Å². The Hall–Kier alpha value is -6.26. The van der Waals surface area contributed by atoms with E-state index in [0.29, 0.717) is 0 Å². The smallest absolute Gasteiger partial charge is 0.269 e. The van der Waals surface area contributed by atoms with Crippen molar-refractivity contribution in [2.45, 2.75) is 20.8 Å². The first-order valence-corrected chi connectivity index (χ1v) is 19.3. The second-order valence-corrected chi connectivity index (χ2v) is 14.8. The number of aliphatic hydroxyl groups is 1. The van der Waals surface area contributed by atoms with Gasteiger partial charge >= 0.3 is 0 Å². The van der Waals surface area contributed by atoms with Crippen molar-refractivity contribution in [1.82, 2.24) is 9.97 Å². The van der Waals surface area contributed by atoms with Crippen LogP contribution in [0.5, 0.6) is 0 Å².